The van der Waals surface area contributed by atoms with Gasteiger partial charge in [0, 0.05) is 28.2 Å². The Morgan fingerprint density at radius 2 is 1.82 bits per heavy atom. The maximum Gasteiger partial charge on any atom is 0.336 e. The first-order valence-corrected chi connectivity index (χ1v) is 7.86. The van der Waals surface area contributed by atoms with Crippen molar-refractivity contribution < 1.29 is 4.42 Å². The van der Waals surface area contributed by atoms with Crippen LogP contribution in [0.1, 0.15) is 16.7 Å². The molecule has 3 rings (SSSR count). The van der Waals surface area contributed by atoms with Crippen LogP contribution in [0.5, 0.6) is 0 Å². The molecule has 0 atom stereocenters. The lowest BCUT2D eigenvalue weighted by Crippen LogP contribution is -2.06. The van der Waals surface area contributed by atoms with E-state index in [4.69, 9.17) is 4.42 Å². The minimum Gasteiger partial charge on any atom is -0.422 e. The highest BCUT2D eigenvalue weighted by atomic mass is 79.9. The summed E-state index contributed by atoms with van der Waals surface area (Å²) < 4.78 is 6.43. The number of fused-ring (bicyclic) bond motifs is 1. The number of halogens is 1. The molecular formula is C18H16BrNO2. The summed E-state index contributed by atoms with van der Waals surface area (Å²) in [7, 11) is 0. The smallest absolute Gasteiger partial charge is 0.336 e. The van der Waals surface area contributed by atoms with Gasteiger partial charge in [-0.25, -0.2) is 4.79 Å². The Bertz CT molecular complexity index is 882. The molecule has 0 aliphatic carbocycles. The number of hydrogen-bond donors (Lipinski definition) is 1. The van der Waals surface area contributed by atoms with Crippen LogP contribution in [-0.4, -0.2) is 0 Å². The van der Waals surface area contributed by atoms with Gasteiger partial charge in [0.1, 0.15) is 5.58 Å². The van der Waals surface area contributed by atoms with Crippen LogP contribution in [0.15, 0.2) is 56.1 Å². The van der Waals surface area contributed by atoms with Crippen LogP contribution in [0.25, 0.3) is 11.0 Å². The predicted molar refractivity (Wildman–Crippen MR) is 93.4 cm³/mol. The highest BCUT2D eigenvalue weighted by Crippen LogP contribution is 2.24. The highest BCUT2D eigenvalue weighted by Gasteiger charge is 2.09. The standard InChI is InChI=1S/C18H16BrNO2/c1-11-3-8-16-13(9-17(21)22-18(16)12(11)2)10-20-15-6-4-14(19)5-7-15/h3-9,20H,10H2,1-2H3. The van der Waals surface area contributed by atoms with E-state index in [1.54, 1.807) is 6.07 Å². The molecular weight excluding hydrogens is 342 g/mol. The van der Waals surface area contributed by atoms with Gasteiger partial charge in [-0.3, -0.25) is 0 Å². The molecule has 3 aromatic rings. The molecule has 0 fully saturated rings. The van der Waals surface area contributed by atoms with E-state index in [0.29, 0.717) is 12.1 Å². The monoisotopic (exact) mass is 357 g/mol. The second-order valence-corrected chi connectivity index (χ2v) is 6.25. The van der Waals surface area contributed by atoms with E-state index in [1.807, 2.05) is 44.2 Å². The number of hydrogen-bond acceptors (Lipinski definition) is 3. The van der Waals surface area contributed by atoms with Gasteiger partial charge in [0.25, 0.3) is 0 Å². The first kappa shape index (κ1) is 14.9. The van der Waals surface area contributed by atoms with E-state index in [-0.39, 0.29) is 5.63 Å². The molecule has 112 valence electrons. The van der Waals surface area contributed by atoms with Crippen LogP contribution in [0.4, 0.5) is 5.69 Å². The second kappa shape index (κ2) is 5.97. The molecule has 0 radical (unpaired) electrons. The third-order valence-electron chi connectivity index (χ3n) is 3.84. The minimum atomic E-state index is -0.311. The van der Waals surface area contributed by atoms with E-state index in [9.17, 15) is 4.79 Å². The van der Waals surface area contributed by atoms with Crippen molar-refractivity contribution in [2.45, 2.75) is 20.4 Å². The lowest BCUT2D eigenvalue weighted by atomic mass is 10.0. The molecule has 4 heteroatoms. The molecule has 0 aliphatic heterocycles. The van der Waals surface area contributed by atoms with Crippen molar-refractivity contribution in [1.82, 2.24) is 0 Å². The average molecular weight is 358 g/mol. The molecule has 0 spiro atoms. The maximum atomic E-state index is 11.8. The summed E-state index contributed by atoms with van der Waals surface area (Å²) >= 11 is 3.42. The zero-order chi connectivity index (χ0) is 15.7. The van der Waals surface area contributed by atoms with E-state index in [1.165, 1.54) is 0 Å². The Kier molecular flexibility index (Phi) is 4.03. The number of nitrogens with one attached hydrogen (secondary N) is 1. The molecule has 0 saturated carbocycles. The molecule has 0 unspecified atom stereocenters. The van der Waals surface area contributed by atoms with Crippen molar-refractivity contribution in [2.24, 2.45) is 0 Å². The van der Waals surface area contributed by atoms with E-state index < -0.39 is 0 Å². The number of aryl methyl sites for hydroxylation is 2. The van der Waals surface area contributed by atoms with Gasteiger partial charge >= 0.3 is 5.63 Å². The first-order chi connectivity index (χ1) is 10.5. The van der Waals surface area contributed by atoms with Crippen molar-refractivity contribution >= 4 is 32.6 Å². The Balaban J connectivity index is 1.98. The zero-order valence-electron chi connectivity index (χ0n) is 12.4. The van der Waals surface area contributed by atoms with Gasteiger partial charge < -0.3 is 9.73 Å². The van der Waals surface area contributed by atoms with Gasteiger partial charge in [0.2, 0.25) is 0 Å². The zero-order valence-corrected chi connectivity index (χ0v) is 14.0. The molecule has 2 aromatic carbocycles. The van der Waals surface area contributed by atoms with Crippen LogP contribution in [0.3, 0.4) is 0 Å². The van der Waals surface area contributed by atoms with E-state index >= 15 is 0 Å². The SMILES string of the molecule is Cc1ccc2c(CNc3ccc(Br)cc3)cc(=O)oc2c1C. The summed E-state index contributed by atoms with van der Waals surface area (Å²) in [5.74, 6) is 0. The molecule has 0 saturated heterocycles. The summed E-state index contributed by atoms with van der Waals surface area (Å²) in [5, 5.41) is 4.32. The molecule has 22 heavy (non-hydrogen) atoms. The van der Waals surface area contributed by atoms with Crippen LogP contribution in [-0.2, 0) is 6.54 Å². The summed E-state index contributed by atoms with van der Waals surface area (Å²) in [6, 6.07) is 13.6. The minimum absolute atomic E-state index is 0.311. The van der Waals surface area contributed by atoms with Crippen LogP contribution < -0.4 is 10.9 Å². The van der Waals surface area contributed by atoms with E-state index in [2.05, 4.69) is 27.3 Å². The maximum absolute atomic E-state index is 11.8. The van der Waals surface area contributed by atoms with Crippen LogP contribution >= 0.6 is 15.9 Å². The summed E-state index contributed by atoms with van der Waals surface area (Å²) in [4.78, 5) is 11.8. The lowest BCUT2D eigenvalue weighted by Gasteiger charge is -2.11. The van der Waals surface area contributed by atoms with Crippen molar-refractivity contribution in [2.75, 3.05) is 5.32 Å². The predicted octanol–water partition coefficient (Wildman–Crippen LogP) is 4.78. The molecule has 1 aromatic heterocycles. The van der Waals surface area contributed by atoms with Crippen LogP contribution in [0.2, 0.25) is 0 Å². The first-order valence-electron chi connectivity index (χ1n) is 7.07. The Morgan fingerprint density at radius 3 is 2.55 bits per heavy atom. The fourth-order valence-corrected chi connectivity index (χ4v) is 2.70. The fourth-order valence-electron chi connectivity index (χ4n) is 2.44. The lowest BCUT2D eigenvalue weighted by molar-refractivity contribution is 0.556. The van der Waals surface area contributed by atoms with E-state index in [0.717, 1.165) is 32.2 Å². The molecule has 0 bridgehead atoms. The van der Waals surface area contributed by atoms with Crippen molar-refractivity contribution in [3.05, 3.63) is 74.0 Å². The Morgan fingerprint density at radius 1 is 1.09 bits per heavy atom. The number of benzene rings is 2. The average Bonchev–Trinajstić information content (AvgIpc) is 2.50. The van der Waals surface area contributed by atoms with Gasteiger partial charge in [-0.1, -0.05) is 28.1 Å². The molecule has 1 N–H and O–H groups in total. The Hall–Kier alpha value is -2.07. The van der Waals surface area contributed by atoms with Gasteiger partial charge in [-0.05, 0) is 54.8 Å². The number of anilines is 1. The van der Waals surface area contributed by atoms with Crippen molar-refractivity contribution in [3.8, 4) is 0 Å². The molecule has 1 heterocycles. The van der Waals surface area contributed by atoms with Gasteiger partial charge in [0.15, 0.2) is 0 Å². The third-order valence-corrected chi connectivity index (χ3v) is 4.37. The number of rotatable bonds is 3. The Labute approximate surface area is 137 Å². The van der Waals surface area contributed by atoms with Crippen molar-refractivity contribution in [1.29, 1.82) is 0 Å². The summed E-state index contributed by atoms with van der Waals surface area (Å²) in [5.41, 5.74) is 4.45. The van der Waals surface area contributed by atoms with Gasteiger partial charge in [-0.2, -0.15) is 0 Å². The molecule has 0 aliphatic rings. The molecule has 0 amide bonds. The summed E-state index contributed by atoms with van der Waals surface area (Å²) in [6.45, 7) is 4.57. The summed E-state index contributed by atoms with van der Waals surface area (Å²) in [6.07, 6.45) is 0. The van der Waals surface area contributed by atoms with Gasteiger partial charge in [-0.15, -0.1) is 0 Å². The normalized spacial score (nSPS) is 10.9. The fraction of sp³-hybridized carbons (Fsp3) is 0.167. The third kappa shape index (κ3) is 2.92. The van der Waals surface area contributed by atoms with Gasteiger partial charge in [0.05, 0.1) is 0 Å². The quantitative estimate of drug-likeness (QED) is 0.685. The second-order valence-electron chi connectivity index (χ2n) is 5.34. The van der Waals surface area contributed by atoms with Crippen molar-refractivity contribution in [3.63, 3.8) is 0 Å². The largest absolute Gasteiger partial charge is 0.422 e. The van der Waals surface area contributed by atoms with Crippen LogP contribution in [0, 0.1) is 13.8 Å². The highest BCUT2D eigenvalue weighted by molar-refractivity contribution is 9.10. The molecule has 3 nitrogen and oxygen atoms in total. The topological polar surface area (TPSA) is 42.2 Å².